The molecule has 3 aromatic rings. The molecule has 0 bridgehead atoms. The van der Waals surface area contributed by atoms with Gasteiger partial charge in [0.05, 0.1) is 33.3 Å². The van der Waals surface area contributed by atoms with Crippen LogP contribution >= 0.6 is 35.0 Å². The number of methoxy groups -OCH3 is 1. The first kappa shape index (κ1) is 25.6. The number of ether oxygens (including phenoxy) is 2. The van der Waals surface area contributed by atoms with Crippen LogP contribution in [0.2, 0.25) is 10.0 Å². The summed E-state index contributed by atoms with van der Waals surface area (Å²) in [5, 5.41) is 10.5. The summed E-state index contributed by atoms with van der Waals surface area (Å²) >= 11 is 13.3. The van der Waals surface area contributed by atoms with Gasteiger partial charge in [0.25, 0.3) is 5.91 Å². The number of hydrogen-bond donors (Lipinski definition) is 1. The number of aliphatic imine (C=N–C) groups is 1. The first-order chi connectivity index (χ1) is 17.2. The molecule has 7 nitrogen and oxygen atoms in total. The van der Waals surface area contributed by atoms with Gasteiger partial charge in [0.1, 0.15) is 6.61 Å². The molecular formula is C26H20Cl2N2O5S. The van der Waals surface area contributed by atoms with Gasteiger partial charge in [0, 0.05) is 7.05 Å². The fourth-order valence-corrected chi connectivity index (χ4v) is 4.58. The van der Waals surface area contributed by atoms with E-state index in [4.69, 9.17) is 37.8 Å². The van der Waals surface area contributed by atoms with E-state index in [2.05, 4.69) is 4.99 Å². The minimum atomic E-state index is -1.01. The lowest BCUT2D eigenvalue weighted by molar-refractivity contribution is -0.121. The number of carbonyl (C=O) groups is 2. The molecule has 1 aliphatic heterocycles. The Morgan fingerprint density at radius 3 is 2.47 bits per heavy atom. The highest BCUT2D eigenvalue weighted by molar-refractivity contribution is 8.18. The smallest absolute Gasteiger partial charge is 0.335 e. The summed E-state index contributed by atoms with van der Waals surface area (Å²) < 4.78 is 11.4. The van der Waals surface area contributed by atoms with E-state index in [9.17, 15) is 9.59 Å². The van der Waals surface area contributed by atoms with Gasteiger partial charge in [-0.05, 0) is 77.5 Å². The molecule has 184 valence electrons. The fraction of sp³-hybridized carbons (Fsp3) is 0.115. The highest BCUT2D eigenvalue weighted by Gasteiger charge is 2.30. The molecule has 0 aliphatic carbocycles. The Morgan fingerprint density at radius 2 is 1.81 bits per heavy atom. The number of halogens is 2. The van der Waals surface area contributed by atoms with E-state index >= 15 is 0 Å². The molecule has 0 radical (unpaired) electrons. The first-order valence-corrected chi connectivity index (χ1v) is 12.2. The van der Waals surface area contributed by atoms with E-state index in [0.29, 0.717) is 37.3 Å². The summed E-state index contributed by atoms with van der Waals surface area (Å²) in [6.07, 6.45) is 1.75. The molecule has 0 saturated carbocycles. The summed E-state index contributed by atoms with van der Waals surface area (Å²) in [5.41, 5.74) is 2.33. The quantitative estimate of drug-likeness (QED) is 0.342. The summed E-state index contributed by atoms with van der Waals surface area (Å²) in [6.45, 7) is 0.278. The van der Waals surface area contributed by atoms with Crippen molar-refractivity contribution in [2.75, 3.05) is 14.2 Å². The molecule has 0 aromatic heterocycles. The second-order valence-corrected chi connectivity index (χ2v) is 9.49. The Balaban J connectivity index is 1.50. The Hall–Kier alpha value is -3.46. The number of aromatic carboxylic acids is 1. The van der Waals surface area contributed by atoms with E-state index in [-0.39, 0.29) is 18.1 Å². The maximum absolute atomic E-state index is 12.8. The monoisotopic (exact) mass is 542 g/mol. The standard InChI is InChI=1S/C26H20Cl2N2O5S/c1-30-24(31)23(36-26(30)29-18-7-5-17(6-8-18)25(32)33)13-15-4-10-21(22(12-15)34-2)35-14-16-3-9-19(27)20(28)11-16/h3-13H,14H2,1-2H3,(H,32,33). The van der Waals surface area contributed by atoms with Crippen LogP contribution in [-0.4, -0.2) is 41.2 Å². The maximum atomic E-state index is 12.8. The summed E-state index contributed by atoms with van der Waals surface area (Å²) in [7, 11) is 3.18. The van der Waals surface area contributed by atoms with Crippen molar-refractivity contribution in [1.82, 2.24) is 4.90 Å². The number of carbonyl (C=O) groups excluding carboxylic acids is 1. The molecule has 4 rings (SSSR count). The van der Waals surface area contributed by atoms with E-state index in [1.54, 1.807) is 56.6 Å². The minimum absolute atomic E-state index is 0.168. The van der Waals surface area contributed by atoms with Gasteiger partial charge in [-0.1, -0.05) is 35.3 Å². The van der Waals surface area contributed by atoms with Crippen LogP contribution in [0.25, 0.3) is 6.08 Å². The van der Waals surface area contributed by atoms with Crippen molar-refractivity contribution in [3.8, 4) is 11.5 Å². The average Bonchev–Trinajstić information content (AvgIpc) is 3.13. The van der Waals surface area contributed by atoms with E-state index < -0.39 is 5.97 Å². The predicted molar refractivity (Wildman–Crippen MR) is 143 cm³/mol. The molecule has 1 fully saturated rings. The molecule has 3 aromatic carbocycles. The number of carboxylic acids is 1. The van der Waals surface area contributed by atoms with Gasteiger partial charge >= 0.3 is 5.97 Å². The van der Waals surface area contributed by atoms with Crippen LogP contribution in [0.4, 0.5) is 5.69 Å². The minimum Gasteiger partial charge on any atom is -0.493 e. The number of carboxylic acid groups (broad SMARTS) is 1. The van der Waals surface area contributed by atoms with Crippen molar-refractivity contribution in [3.05, 3.63) is 92.3 Å². The summed E-state index contributed by atoms with van der Waals surface area (Å²) in [5.74, 6) is -0.149. The van der Waals surface area contributed by atoms with Gasteiger partial charge in [-0.25, -0.2) is 9.79 Å². The van der Waals surface area contributed by atoms with Crippen molar-refractivity contribution >= 4 is 63.8 Å². The zero-order chi connectivity index (χ0) is 25.8. The lowest BCUT2D eigenvalue weighted by Crippen LogP contribution is -2.23. The molecular weight excluding hydrogens is 523 g/mol. The third-order valence-corrected chi connectivity index (χ3v) is 7.01. The first-order valence-electron chi connectivity index (χ1n) is 10.6. The van der Waals surface area contributed by atoms with Crippen LogP contribution in [0.3, 0.4) is 0 Å². The van der Waals surface area contributed by atoms with Gasteiger partial charge in [-0.2, -0.15) is 0 Å². The van der Waals surface area contributed by atoms with Crippen molar-refractivity contribution in [3.63, 3.8) is 0 Å². The predicted octanol–water partition coefficient (Wildman–Crippen LogP) is 6.51. The highest BCUT2D eigenvalue weighted by atomic mass is 35.5. The largest absolute Gasteiger partial charge is 0.493 e. The van der Waals surface area contributed by atoms with Crippen molar-refractivity contribution < 1.29 is 24.2 Å². The number of benzene rings is 3. The zero-order valence-electron chi connectivity index (χ0n) is 19.2. The molecule has 1 aliphatic rings. The van der Waals surface area contributed by atoms with Gasteiger partial charge in [0.2, 0.25) is 0 Å². The number of thioether (sulfide) groups is 1. The third kappa shape index (κ3) is 5.84. The molecule has 0 unspecified atom stereocenters. The molecule has 0 spiro atoms. The van der Waals surface area contributed by atoms with E-state index in [1.165, 1.54) is 28.8 Å². The number of hydrogen-bond acceptors (Lipinski definition) is 6. The molecule has 1 N–H and O–H groups in total. The second-order valence-electron chi connectivity index (χ2n) is 7.67. The molecule has 1 saturated heterocycles. The Morgan fingerprint density at radius 1 is 1.06 bits per heavy atom. The normalized spacial score (nSPS) is 15.6. The molecule has 10 heteroatoms. The maximum Gasteiger partial charge on any atom is 0.335 e. The third-order valence-electron chi connectivity index (χ3n) is 5.21. The number of rotatable bonds is 7. The van der Waals surface area contributed by atoms with E-state index in [0.717, 1.165) is 11.1 Å². The molecule has 0 atom stereocenters. The van der Waals surface area contributed by atoms with Crippen LogP contribution in [0.15, 0.2) is 70.6 Å². The van der Waals surface area contributed by atoms with Crippen LogP contribution in [0, 0.1) is 0 Å². The fourth-order valence-electron chi connectivity index (χ4n) is 3.28. The Bertz CT molecular complexity index is 1390. The average molecular weight is 543 g/mol. The van der Waals surface area contributed by atoms with Crippen LogP contribution in [0.1, 0.15) is 21.5 Å². The zero-order valence-corrected chi connectivity index (χ0v) is 21.5. The van der Waals surface area contributed by atoms with Gasteiger partial charge in [-0.15, -0.1) is 0 Å². The SMILES string of the molecule is COc1cc(C=C2SC(=Nc3ccc(C(=O)O)cc3)N(C)C2=O)ccc1OCc1ccc(Cl)c(Cl)c1. The van der Waals surface area contributed by atoms with Crippen LogP contribution < -0.4 is 9.47 Å². The van der Waals surface area contributed by atoms with Crippen LogP contribution in [0.5, 0.6) is 11.5 Å². The number of amidine groups is 1. The summed E-state index contributed by atoms with van der Waals surface area (Å²) in [4.78, 5) is 30.2. The molecule has 1 amide bonds. The van der Waals surface area contributed by atoms with Gasteiger partial charge < -0.3 is 14.6 Å². The Kier molecular flexibility index (Phi) is 7.88. The molecule has 36 heavy (non-hydrogen) atoms. The Labute approximate surface area is 221 Å². The molecule has 1 heterocycles. The number of nitrogens with zero attached hydrogens (tertiary/aromatic N) is 2. The highest BCUT2D eigenvalue weighted by Crippen LogP contribution is 2.35. The summed E-state index contributed by atoms with van der Waals surface area (Å²) in [6, 6.07) is 16.8. The second kappa shape index (κ2) is 11.1. The van der Waals surface area contributed by atoms with Crippen molar-refractivity contribution in [2.45, 2.75) is 6.61 Å². The number of amides is 1. The van der Waals surface area contributed by atoms with Gasteiger partial charge in [-0.3, -0.25) is 9.69 Å². The van der Waals surface area contributed by atoms with E-state index in [1.807, 2.05) is 12.1 Å². The lowest BCUT2D eigenvalue weighted by atomic mass is 10.2. The van der Waals surface area contributed by atoms with Crippen LogP contribution in [-0.2, 0) is 11.4 Å². The number of likely N-dealkylation sites (N-methyl/N-ethyl adjacent to an activating group) is 1. The van der Waals surface area contributed by atoms with Gasteiger partial charge in [0.15, 0.2) is 16.7 Å². The van der Waals surface area contributed by atoms with Crippen molar-refractivity contribution in [2.24, 2.45) is 4.99 Å². The van der Waals surface area contributed by atoms with Crippen molar-refractivity contribution in [1.29, 1.82) is 0 Å². The topological polar surface area (TPSA) is 88.4 Å². The lowest BCUT2D eigenvalue weighted by Gasteiger charge is -2.12.